The topological polar surface area (TPSA) is 70.7 Å². The van der Waals surface area contributed by atoms with E-state index in [0.717, 1.165) is 24.3 Å². The monoisotopic (exact) mass is 395 g/mol. The highest BCUT2D eigenvalue weighted by Gasteiger charge is 2.19. The largest absolute Gasteiger partial charge is 0.444 e. The third kappa shape index (κ3) is 5.98. The van der Waals surface area contributed by atoms with Gasteiger partial charge in [-0.2, -0.15) is 0 Å². The number of rotatable bonds is 6. The summed E-state index contributed by atoms with van der Waals surface area (Å²) in [7, 11) is 0. The van der Waals surface area contributed by atoms with Crippen LogP contribution in [0.1, 0.15) is 39.2 Å². The zero-order valence-electron chi connectivity index (χ0n) is 17.3. The van der Waals surface area contributed by atoms with Crippen LogP contribution in [0.15, 0.2) is 48.5 Å². The molecule has 6 nitrogen and oxygen atoms in total. The van der Waals surface area contributed by atoms with Crippen LogP contribution in [0.3, 0.4) is 0 Å². The molecule has 0 aliphatic carbocycles. The van der Waals surface area contributed by atoms with Crippen molar-refractivity contribution >= 4 is 29.1 Å². The maximum absolute atomic E-state index is 12.1. The summed E-state index contributed by atoms with van der Waals surface area (Å²) in [6.45, 7) is 6.81. The summed E-state index contributed by atoms with van der Waals surface area (Å²) in [5.41, 5.74) is 3.98. The summed E-state index contributed by atoms with van der Waals surface area (Å²) in [6, 6.07) is 16.3. The van der Waals surface area contributed by atoms with Gasteiger partial charge in [-0.3, -0.25) is 4.79 Å². The van der Waals surface area contributed by atoms with E-state index in [1.807, 2.05) is 45.0 Å². The molecular formula is C23H29N3O3. The summed E-state index contributed by atoms with van der Waals surface area (Å²) >= 11 is 0. The highest BCUT2D eigenvalue weighted by Crippen LogP contribution is 2.34. The van der Waals surface area contributed by atoms with E-state index >= 15 is 0 Å². The fourth-order valence-electron chi connectivity index (χ4n) is 3.31. The lowest BCUT2D eigenvalue weighted by Gasteiger charge is -2.20. The van der Waals surface area contributed by atoms with E-state index in [4.69, 9.17) is 4.74 Å². The van der Waals surface area contributed by atoms with Crippen LogP contribution in [0, 0.1) is 0 Å². The Hall–Kier alpha value is -3.02. The first-order valence-electron chi connectivity index (χ1n) is 10.0. The van der Waals surface area contributed by atoms with Crippen molar-refractivity contribution in [1.82, 2.24) is 5.32 Å². The zero-order valence-corrected chi connectivity index (χ0v) is 17.3. The van der Waals surface area contributed by atoms with Gasteiger partial charge >= 0.3 is 6.09 Å². The van der Waals surface area contributed by atoms with Crippen molar-refractivity contribution in [1.29, 1.82) is 0 Å². The molecule has 0 saturated heterocycles. The second-order valence-electron chi connectivity index (χ2n) is 8.16. The van der Waals surface area contributed by atoms with E-state index in [1.165, 1.54) is 11.3 Å². The quantitative estimate of drug-likeness (QED) is 0.700. The van der Waals surface area contributed by atoms with Crippen molar-refractivity contribution in [3.8, 4) is 0 Å². The Morgan fingerprint density at radius 3 is 2.52 bits per heavy atom. The summed E-state index contributed by atoms with van der Waals surface area (Å²) in [4.78, 5) is 26.0. The average molecular weight is 396 g/mol. The predicted molar refractivity (Wildman–Crippen MR) is 116 cm³/mol. The van der Waals surface area contributed by atoms with E-state index in [2.05, 4.69) is 39.8 Å². The van der Waals surface area contributed by atoms with E-state index < -0.39 is 11.7 Å². The second kappa shape index (κ2) is 8.99. The first-order valence-corrected chi connectivity index (χ1v) is 10.0. The SMILES string of the molecule is CC(C)(C)OC(=O)NCCCC(=O)Nc1ccc(N2CCc3ccccc32)cc1. The average Bonchev–Trinajstić information content (AvgIpc) is 3.09. The van der Waals surface area contributed by atoms with Crippen molar-refractivity contribution in [2.24, 2.45) is 0 Å². The Morgan fingerprint density at radius 1 is 1.07 bits per heavy atom. The van der Waals surface area contributed by atoms with Crippen LogP contribution in [0.5, 0.6) is 0 Å². The first kappa shape index (κ1) is 20.7. The number of fused-ring (bicyclic) bond motifs is 1. The Labute approximate surface area is 172 Å². The van der Waals surface area contributed by atoms with Crippen molar-refractivity contribution in [2.75, 3.05) is 23.3 Å². The van der Waals surface area contributed by atoms with E-state index in [-0.39, 0.29) is 5.91 Å². The van der Waals surface area contributed by atoms with Crippen LogP contribution >= 0.6 is 0 Å². The minimum Gasteiger partial charge on any atom is -0.444 e. The van der Waals surface area contributed by atoms with Crippen molar-refractivity contribution in [3.63, 3.8) is 0 Å². The van der Waals surface area contributed by atoms with Gasteiger partial charge in [-0.1, -0.05) is 18.2 Å². The maximum atomic E-state index is 12.1. The molecule has 29 heavy (non-hydrogen) atoms. The molecule has 0 atom stereocenters. The van der Waals surface area contributed by atoms with E-state index in [1.54, 1.807) is 0 Å². The third-order valence-electron chi connectivity index (χ3n) is 4.60. The second-order valence-corrected chi connectivity index (χ2v) is 8.16. The molecule has 0 radical (unpaired) electrons. The van der Waals surface area contributed by atoms with Gasteiger partial charge in [0, 0.05) is 36.6 Å². The molecular weight excluding hydrogens is 366 g/mol. The first-order chi connectivity index (χ1) is 13.8. The van der Waals surface area contributed by atoms with E-state index in [9.17, 15) is 9.59 Å². The number of amides is 2. The number of nitrogens with one attached hydrogen (secondary N) is 2. The lowest BCUT2D eigenvalue weighted by Crippen LogP contribution is -2.33. The standard InChI is InChI=1S/C23H29N3O3/c1-23(2,3)29-22(28)24-15-6-9-21(27)25-18-10-12-19(13-11-18)26-16-14-17-7-4-5-8-20(17)26/h4-5,7-8,10-13H,6,9,14-16H2,1-3H3,(H,24,28)(H,25,27). The molecule has 0 saturated carbocycles. The van der Waals surface area contributed by atoms with Gasteiger partial charge in [-0.25, -0.2) is 4.79 Å². The lowest BCUT2D eigenvalue weighted by molar-refractivity contribution is -0.116. The Kier molecular flexibility index (Phi) is 6.42. The molecule has 6 heteroatoms. The molecule has 1 aliphatic rings. The van der Waals surface area contributed by atoms with E-state index in [0.29, 0.717) is 19.4 Å². The van der Waals surface area contributed by atoms with Crippen molar-refractivity contribution < 1.29 is 14.3 Å². The fraction of sp³-hybridized carbons (Fsp3) is 0.391. The van der Waals surface area contributed by atoms with Crippen LogP contribution in [0.2, 0.25) is 0 Å². The number of alkyl carbamates (subject to hydrolysis) is 1. The maximum Gasteiger partial charge on any atom is 0.407 e. The van der Waals surface area contributed by atoms with Crippen LogP contribution in [0.25, 0.3) is 0 Å². The number of carbonyl (C=O) groups excluding carboxylic acids is 2. The van der Waals surface area contributed by atoms with Crippen LogP contribution < -0.4 is 15.5 Å². The molecule has 2 N–H and O–H groups in total. The zero-order chi connectivity index (χ0) is 20.9. The number of para-hydroxylation sites is 1. The highest BCUT2D eigenvalue weighted by atomic mass is 16.6. The number of carbonyl (C=O) groups is 2. The molecule has 2 aromatic rings. The summed E-state index contributed by atoms with van der Waals surface area (Å²) in [5, 5.41) is 5.56. The number of ether oxygens (including phenoxy) is 1. The van der Waals surface area contributed by atoms with Gasteiger partial charge in [0.15, 0.2) is 0 Å². The van der Waals surface area contributed by atoms with Crippen LogP contribution in [-0.4, -0.2) is 30.7 Å². The molecule has 1 aliphatic heterocycles. The van der Waals surface area contributed by atoms with Gasteiger partial charge in [-0.05, 0) is 69.5 Å². The van der Waals surface area contributed by atoms with Gasteiger partial charge in [-0.15, -0.1) is 0 Å². The number of hydrogen-bond acceptors (Lipinski definition) is 4. The van der Waals surface area contributed by atoms with Gasteiger partial charge in [0.05, 0.1) is 0 Å². The van der Waals surface area contributed by atoms with Crippen molar-refractivity contribution in [3.05, 3.63) is 54.1 Å². The lowest BCUT2D eigenvalue weighted by atomic mass is 10.2. The highest BCUT2D eigenvalue weighted by molar-refractivity contribution is 5.91. The minimum absolute atomic E-state index is 0.0738. The fourth-order valence-corrected chi connectivity index (χ4v) is 3.31. The number of hydrogen-bond donors (Lipinski definition) is 2. The molecule has 0 aromatic heterocycles. The molecule has 0 unspecified atom stereocenters. The number of nitrogens with zero attached hydrogens (tertiary/aromatic N) is 1. The Bertz CT molecular complexity index is 856. The molecule has 3 rings (SSSR count). The number of anilines is 3. The van der Waals surface area contributed by atoms with Gasteiger partial charge in [0.2, 0.25) is 5.91 Å². The van der Waals surface area contributed by atoms with Gasteiger partial charge in [0.1, 0.15) is 5.60 Å². The van der Waals surface area contributed by atoms with Crippen molar-refractivity contribution in [2.45, 2.75) is 45.6 Å². The van der Waals surface area contributed by atoms with Gasteiger partial charge < -0.3 is 20.3 Å². The molecule has 1 heterocycles. The molecule has 154 valence electrons. The molecule has 0 fully saturated rings. The third-order valence-corrected chi connectivity index (χ3v) is 4.60. The molecule has 0 spiro atoms. The predicted octanol–water partition coefficient (Wildman–Crippen LogP) is 4.62. The van der Waals surface area contributed by atoms with Crippen LogP contribution in [0.4, 0.5) is 21.9 Å². The molecule has 2 amide bonds. The summed E-state index contributed by atoms with van der Waals surface area (Å²) in [5.74, 6) is -0.0738. The minimum atomic E-state index is -0.523. The molecule has 0 bridgehead atoms. The number of benzene rings is 2. The smallest absolute Gasteiger partial charge is 0.407 e. The Balaban J connectivity index is 1.43. The molecule has 2 aromatic carbocycles. The summed E-state index contributed by atoms with van der Waals surface area (Å²) in [6.07, 6.45) is 1.47. The normalized spacial score (nSPS) is 13.0. The summed E-state index contributed by atoms with van der Waals surface area (Å²) < 4.78 is 5.16. The van der Waals surface area contributed by atoms with Gasteiger partial charge in [0.25, 0.3) is 0 Å². The van der Waals surface area contributed by atoms with Crippen LogP contribution in [-0.2, 0) is 16.0 Å². The Morgan fingerprint density at radius 2 is 1.79 bits per heavy atom.